The third-order valence-electron chi connectivity index (χ3n) is 5.57. The Balaban J connectivity index is 2.08. The van der Waals surface area contributed by atoms with E-state index in [4.69, 9.17) is 14.9 Å². The van der Waals surface area contributed by atoms with E-state index in [-0.39, 0.29) is 36.2 Å². The highest BCUT2D eigenvalue weighted by Gasteiger charge is 2.21. The summed E-state index contributed by atoms with van der Waals surface area (Å²) in [5.74, 6) is 0.217. The molecule has 0 fully saturated rings. The van der Waals surface area contributed by atoms with E-state index in [2.05, 4.69) is 10.3 Å². The summed E-state index contributed by atoms with van der Waals surface area (Å²) in [6, 6.07) is 6.30. The topological polar surface area (TPSA) is 153 Å². The normalized spacial score (nSPS) is 11.1. The van der Waals surface area contributed by atoms with Gasteiger partial charge in [-0.05, 0) is 37.0 Å². The third kappa shape index (κ3) is 6.15. The van der Waals surface area contributed by atoms with Crippen LogP contribution >= 0.6 is 0 Å². The van der Waals surface area contributed by atoms with Gasteiger partial charge >= 0.3 is 17.4 Å². The number of nitrogens with one attached hydrogen (secondary N) is 2. The highest BCUT2D eigenvalue weighted by molar-refractivity contribution is 5.90. The Bertz CT molecular complexity index is 1400. The van der Waals surface area contributed by atoms with Crippen molar-refractivity contribution in [2.45, 2.75) is 53.6 Å². The molecule has 4 N–H and O–H groups in total. The summed E-state index contributed by atoms with van der Waals surface area (Å²) in [6.45, 7) is 8.85. The second-order valence-corrected chi connectivity index (χ2v) is 8.92. The summed E-state index contributed by atoms with van der Waals surface area (Å²) >= 11 is 0. The summed E-state index contributed by atoms with van der Waals surface area (Å²) in [7, 11) is 0. The summed E-state index contributed by atoms with van der Waals surface area (Å²) in [5, 5.41) is 3.22. The van der Waals surface area contributed by atoms with Gasteiger partial charge in [0.25, 0.3) is 5.56 Å². The monoisotopic (exact) mass is 499 g/mol. The second-order valence-electron chi connectivity index (χ2n) is 8.92. The number of benzene rings is 1. The van der Waals surface area contributed by atoms with Gasteiger partial charge in [-0.15, -0.1) is 0 Å². The van der Waals surface area contributed by atoms with Crippen molar-refractivity contribution in [2.75, 3.05) is 29.1 Å². The SMILES string of the molecule is CCCCN(Cc1cc(=O)oc2cc(NC(=O)OCC)ccc12)c1c(N)n(CC(C)C)c(=O)[nH]c1=O. The lowest BCUT2D eigenvalue weighted by Crippen LogP contribution is -2.39. The van der Waals surface area contributed by atoms with E-state index in [1.165, 1.54) is 16.7 Å². The van der Waals surface area contributed by atoms with Crippen LogP contribution in [0.3, 0.4) is 0 Å². The molecule has 0 atom stereocenters. The maximum absolute atomic E-state index is 12.9. The van der Waals surface area contributed by atoms with Crippen molar-refractivity contribution in [2.24, 2.45) is 5.92 Å². The summed E-state index contributed by atoms with van der Waals surface area (Å²) in [4.78, 5) is 53.7. The zero-order chi connectivity index (χ0) is 26.4. The van der Waals surface area contributed by atoms with E-state index in [0.29, 0.717) is 29.7 Å². The smallest absolute Gasteiger partial charge is 0.411 e. The Labute approximate surface area is 207 Å². The van der Waals surface area contributed by atoms with Crippen LogP contribution in [-0.2, 0) is 17.8 Å². The molecule has 1 aromatic carbocycles. The fraction of sp³-hybridized carbons (Fsp3) is 0.440. The molecule has 11 heteroatoms. The van der Waals surface area contributed by atoms with Crippen LogP contribution in [0.25, 0.3) is 11.0 Å². The van der Waals surface area contributed by atoms with E-state index >= 15 is 0 Å². The van der Waals surface area contributed by atoms with E-state index in [9.17, 15) is 19.2 Å². The first kappa shape index (κ1) is 26.6. The minimum Gasteiger partial charge on any atom is -0.450 e. The molecule has 36 heavy (non-hydrogen) atoms. The van der Waals surface area contributed by atoms with Crippen molar-refractivity contribution in [3.8, 4) is 0 Å². The molecule has 0 unspecified atom stereocenters. The first-order valence-electron chi connectivity index (χ1n) is 12.0. The molecule has 0 aliphatic rings. The van der Waals surface area contributed by atoms with Gasteiger partial charge < -0.3 is 19.8 Å². The van der Waals surface area contributed by atoms with Crippen molar-refractivity contribution in [3.05, 3.63) is 61.1 Å². The van der Waals surface area contributed by atoms with Crippen LogP contribution in [0.4, 0.5) is 22.0 Å². The maximum atomic E-state index is 12.9. The zero-order valence-electron chi connectivity index (χ0n) is 21.1. The molecule has 3 aromatic rings. The molecular formula is C25H33N5O6. The number of hydrogen-bond donors (Lipinski definition) is 3. The highest BCUT2D eigenvalue weighted by atomic mass is 16.5. The summed E-state index contributed by atoms with van der Waals surface area (Å²) in [5.41, 5.74) is 6.12. The van der Waals surface area contributed by atoms with Gasteiger partial charge in [0, 0.05) is 42.8 Å². The number of nitrogens with zero attached hydrogens (tertiary/aromatic N) is 2. The largest absolute Gasteiger partial charge is 0.450 e. The number of nitrogen functional groups attached to an aromatic ring is 1. The quantitative estimate of drug-likeness (QED) is 0.359. The van der Waals surface area contributed by atoms with Gasteiger partial charge in [0.1, 0.15) is 17.1 Å². The second kappa shape index (κ2) is 11.6. The van der Waals surface area contributed by atoms with E-state index < -0.39 is 23.0 Å². The molecule has 194 valence electrons. The number of ether oxygens (including phenoxy) is 1. The predicted octanol–water partition coefficient (Wildman–Crippen LogP) is 3.26. The Morgan fingerprint density at radius 3 is 2.64 bits per heavy atom. The minimum absolute atomic E-state index is 0.0850. The number of aromatic nitrogens is 2. The predicted molar refractivity (Wildman–Crippen MR) is 140 cm³/mol. The van der Waals surface area contributed by atoms with Gasteiger partial charge in [0.05, 0.1) is 6.61 Å². The number of H-pyrrole nitrogens is 1. The molecule has 0 radical (unpaired) electrons. The van der Waals surface area contributed by atoms with Crippen molar-refractivity contribution < 1.29 is 13.9 Å². The fourth-order valence-electron chi connectivity index (χ4n) is 3.98. The number of amides is 1. The van der Waals surface area contributed by atoms with Gasteiger partial charge in [-0.3, -0.25) is 19.7 Å². The van der Waals surface area contributed by atoms with Crippen molar-refractivity contribution in [1.82, 2.24) is 9.55 Å². The fourth-order valence-corrected chi connectivity index (χ4v) is 3.98. The molecule has 0 bridgehead atoms. The Morgan fingerprint density at radius 1 is 1.22 bits per heavy atom. The van der Waals surface area contributed by atoms with Crippen LogP contribution in [0.5, 0.6) is 0 Å². The Hall–Kier alpha value is -4.02. The summed E-state index contributed by atoms with van der Waals surface area (Å²) in [6.07, 6.45) is 1.00. The molecule has 2 heterocycles. The lowest BCUT2D eigenvalue weighted by molar-refractivity contribution is 0.168. The Morgan fingerprint density at radius 2 is 1.97 bits per heavy atom. The van der Waals surface area contributed by atoms with Gasteiger partial charge in [-0.2, -0.15) is 0 Å². The molecule has 11 nitrogen and oxygen atoms in total. The standard InChI is InChI=1S/C25H33N5O6/c1-5-7-10-29(21-22(26)30(13-15(3)4)24(33)28-23(21)32)14-16-11-20(31)36-19-12-17(8-9-18(16)19)27-25(34)35-6-2/h8-9,11-12,15H,5-7,10,13-14,26H2,1-4H3,(H,27,34)(H,28,32,33). The van der Waals surface area contributed by atoms with Crippen LogP contribution in [0, 0.1) is 5.92 Å². The van der Waals surface area contributed by atoms with Crippen molar-refractivity contribution >= 4 is 34.3 Å². The molecule has 0 aliphatic heterocycles. The average molecular weight is 500 g/mol. The molecule has 3 rings (SSSR count). The number of rotatable bonds is 10. The molecule has 0 saturated carbocycles. The first-order chi connectivity index (χ1) is 17.1. The number of hydrogen-bond acceptors (Lipinski definition) is 8. The van der Waals surface area contributed by atoms with E-state index in [0.717, 1.165) is 12.8 Å². The van der Waals surface area contributed by atoms with Gasteiger partial charge in [0.2, 0.25) is 0 Å². The zero-order valence-corrected chi connectivity index (χ0v) is 21.1. The van der Waals surface area contributed by atoms with Crippen LogP contribution in [0.15, 0.2) is 43.1 Å². The van der Waals surface area contributed by atoms with Crippen LogP contribution in [-0.4, -0.2) is 28.8 Å². The lowest BCUT2D eigenvalue weighted by atomic mass is 10.1. The maximum Gasteiger partial charge on any atom is 0.411 e. The number of unbranched alkanes of at least 4 members (excludes halogenated alkanes) is 1. The van der Waals surface area contributed by atoms with Crippen molar-refractivity contribution in [3.63, 3.8) is 0 Å². The van der Waals surface area contributed by atoms with Crippen LogP contribution < -0.4 is 32.8 Å². The van der Waals surface area contributed by atoms with Gasteiger partial charge in [0.15, 0.2) is 0 Å². The highest BCUT2D eigenvalue weighted by Crippen LogP contribution is 2.26. The average Bonchev–Trinajstić information content (AvgIpc) is 2.79. The van der Waals surface area contributed by atoms with Crippen molar-refractivity contribution in [1.29, 1.82) is 0 Å². The number of carbonyl (C=O) groups excluding carboxylic acids is 1. The van der Waals surface area contributed by atoms with E-state index in [1.54, 1.807) is 24.0 Å². The lowest BCUT2D eigenvalue weighted by Gasteiger charge is -2.27. The number of aromatic amines is 1. The number of carbonyl (C=O) groups is 1. The Kier molecular flexibility index (Phi) is 8.57. The van der Waals surface area contributed by atoms with Gasteiger partial charge in [-0.25, -0.2) is 14.4 Å². The molecular weight excluding hydrogens is 466 g/mol. The molecule has 0 spiro atoms. The molecule has 1 amide bonds. The molecule has 0 aliphatic carbocycles. The van der Waals surface area contributed by atoms with Gasteiger partial charge in [-0.1, -0.05) is 27.2 Å². The van der Waals surface area contributed by atoms with E-state index in [1.807, 2.05) is 20.8 Å². The third-order valence-corrected chi connectivity index (χ3v) is 5.57. The number of nitrogens with two attached hydrogens (primary N) is 1. The number of anilines is 3. The summed E-state index contributed by atoms with van der Waals surface area (Å²) < 4.78 is 11.6. The molecule has 0 saturated heterocycles. The van der Waals surface area contributed by atoms with Crippen LogP contribution in [0.1, 0.15) is 46.1 Å². The molecule has 2 aromatic heterocycles. The van der Waals surface area contributed by atoms with Crippen LogP contribution in [0.2, 0.25) is 0 Å². The minimum atomic E-state index is -0.618. The number of fused-ring (bicyclic) bond motifs is 1. The first-order valence-corrected chi connectivity index (χ1v) is 12.0.